The van der Waals surface area contributed by atoms with Crippen LogP contribution in [0.2, 0.25) is 0 Å². The number of carboxylic acid groups (broad SMARTS) is 1. The standard InChI is InChI=1S/C27H33NO2.C2H6/c1-5-8-22(27(29)30)17-23-15-21(13-12-19(23)3)16-25(26-11-7-14-28-26)24-10-6-9-18(2)20(24)4;1-2/h6,9-15,22,25H,5,7-8,16-17H2,1-4H3,(H,29,30);1-2H3. The predicted molar refractivity (Wildman–Crippen MR) is 136 cm³/mol. The Balaban J connectivity index is 0.00000176. The molecule has 0 spiro atoms. The maximum atomic E-state index is 11.7. The zero-order valence-electron chi connectivity index (χ0n) is 20.6. The molecule has 172 valence electrons. The Hall–Kier alpha value is -2.68. The lowest BCUT2D eigenvalue weighted by Gasteiger charge is -2.22. The molecular weight excluding hydrogens is 394 g/mol. The zero-order chi connectivity index (χ0) is 23.7. The molecule has 32 heavy (non-hydrogen) atoms. The molecule has 1 heterocycles. The largest absolute Gasteiger partial charge is 0.481 e. The van der Waals surface area contributed by atoms with Gasteiger partial charge in [-0.3, -0.25) is 9.79 Å². The van der Waals surface area contributed by atoms with Crippen LogP contribution in [-0.4, -0.2) is 17.3 Å². The van der Waals surface area contributed by atoms with Crippen LogP contribution in [0.25, 0.3) is 0 Å². The van der Waals surface area contributed by atoms with E-state index >= 15 is 0 Å². The number of aliphatic carboxylic acids is 1. The van der Waals surface area contributed by atoms with E-state index in [4.69, 9.17) is 0 Å². The molecule has 0 radical (unpaired) electrons. The summed E-state index contributed by atoms with van der Waals surface area (Å²) in [6, 6.07) is 13.1. The summed E-state index contributed by atoms with van der Waals surface area (Å²) in [5, 5.41) is 9.60. The number of hydrogen-bond acceptors (Lipinski definition) is 2. The van der Waals surface area contributed by atoms with Gasteiger partial charge in [-0.05, 0) is 73.4 Å². The van der Waals surface area contributed by atoms with Crippen molar-refractivity contribution in [3.63, 3.8) is 0 Å². The molecular formula is C29H39NO2. The number of carboxylic acids is 1. The number of allylic oxidation sites excluding steroid dienone is 2. The molecule has 0 bridgehead atoms. The summed E-state index contributed by atoms with van der Waals surface area (Å²) in [6.07, 6.45) is 8.17. The van der Waals surface area contributed by atoms with Gasteiger partial charge in [0.2, 0.25) is 0 Å². The Labute approximate surface area is 194 Å². The van der Waals surface area contributed by atoms with Crippen molar-refractivity contribution in [2.75, 3.05) is 0 Å². The lowest BCUT2D eigenvalue weighted by atomic mass is 9.84. The quantitative estimate of drug-likeness (QED) is 0.449. The van der Waals surface area contributed by atoms with Crippen LogP contribution in [0.5, 0.6) is 0 Å². The minimum Gasteiger partial charge on any atom is -0.481 e. The molecule has 0 saturated carbocycles. The molecule has 2 atom stereocenters. The molecule has 3 rings (SSSR count). The van der Waals surface area contributed by atoms with Crippen LogP contribution in [0.3, 0.4) is 0 Å². The topological polar surface area (TPSA) is 49.7 Å². The SMILES string of the molecule is CC.CCCC(Cc1cc(CC(C2=CCC=N2)c2cccc(C)c2C)ccc1C)C(=O)O. The number of rotatable bonds is 9. The minimum atomic E-state index is -0.694. The van der Waals surface area contributed by atoms with Crippen LogP contribution in [0.1, 0.15) is 79.3 Å². The molecule has 3 heteroatoms. The van der Waals surface area contributed by atoms with Crippen molar-refractivity contribution in [1.82, 2.24) is 0 Å². The van der Waals surface area contributed by atoms with Gasteiger partial charge in [-0.1, -0.05) is 69.7 Å². The highest BCUT2D eigenvalue weighted by atomic mass is 16.4. The molecule has 1 aliphatic heterocycles. The summed E-state index contributed by atoms with van der Waals surface area (Å²) in [5.41, 5.74) is 8.65. The number of hydrogen-bond donors (Lipinski definition) is 1. The van der Waals surface area contributed by atoms with E-state index in [1.165, 1.54) is 27.8 Å². The highest BCUT2D eigenvalue weighted by Gasteiger charge is 2.22. The smallest absolute Gasteiger partial charge is 0.306 e. The van der Waals surface area contributed by atoms with Crippen LogP contribution in [0, 0.1) is 26.7 Å². The van der Waals surface area contributed by atoms with Gasteiger partial charge in [0.05, 0.1) is 5.92 Å². The van der Waals surface area contributed by atoms with E-state index in [-0.39, 0.29) is 11.8 Å². The Morgan fingerprint density at radius 2 is 1.81 bits per heavy atom. The van der Waals surface area contributed by atoms with Crippen LogP contribution in [0.4, 0.5) is 0 Å². The third kappa shape index (κ3) is 6.41. The van der Waals surface area contributed by atoms with Crippen LogP contribution in [0.15, 0.2) is 53.2 Å². The highest BCUT2D eigenvalue weighted by Crippen LogP contribution is 2.34. The van der Waals surface area contributed by atoms with E-state index in [9.17, 15) is 9.90 Å². The van der Waals surface area contributed by atoms with Crippen LogP contribution >= 0.6 is 0 Å². The van der Waals surface area contributed by atoms with Gasteiger partial charge in [0.25, 0.3) is 0 Å². The molecule has 0 saturated heterocycles. The molecule has 1 N–H and O–H groups in total. The summed E-state index contributed by atoms with van der Waals surface area (Å²) in [4.78, 5) is 16.3. The normalized spacial score (nSPS) is 14.4. The third-order valence-corrected chi connectivity index (χ3v) is 6.36. The monoisotopic (exact) mass is 433 g/mol. The fourth-order valence-corrected chi connectivity index (χ4v) is 4.38. The molecule has 0 aromatic heterocycles. The van der Waals surface area contributed by atoms with E-state index in [1.54, 1.807) is 0 Å². The number of aliphatic imine (C=N–C) groups is 1. The Morgan fingerprint density at radius 3 is 2.44 bits per heavy atom. The summed E-state index contributed by atoms with van der Waals surface area (Å²) < 4.78 is 0. The van der Waals surface area contributed by atoms with Crippen molar-refractivity contribution in [3.05, 3.63) is 81.6 Å². The summed E-state index contributed by atoms with van der Waals surface area (Å²) in [5.74, 6) is -0.800. The average molecular weight is 434 g/mol. The van der Waals surface area contributed by atoms with E-state index in [2.05, 4.69) is 68.2 Å². The van der Waals surface area contributed by atoms with E-state index in [0.717, 1.165) is 30.5 Å². The van der Waals surface area contributed by atoms with Gasteiger partial charge in [0.15, 0.2) is 0 Å². The molecule has 2 unspecified atom stereocenters. The van der Waals surface area contributed by atoms with E-state index < -0.39 is 5.97 Å². The van der Waals surface area contributed by atoms with Crippen molar-refractivity contribution >= 4 is 12.2 Å². The fraction of sp³-hybridized carbons (Fsp3) is 0.448. The molecule has 0 aliphatic carbocycles. The van der Waals surface area contributed by atoms with E-state index in [1.807, 2.05) is 27.0 Å². The summed E-state index contributed by atoms with van der Waals surface area (Å²) in [6.45, 7) is 12.5. The lowest BCUT2D eigenvalue weighted by molar-refractivity contribution is -0.141. The van der Waals surface area contributed by atoms with Gasteiger partial charge in [-0.2, -0.15) is 0 Å². The first-order valence-electron chi connectivity index (χ1n) is 12.0. The van der Waals surface area contributed by atoms with Crippen molar-refractivity contribution in [2.24, 2.45) is 10.9 Å². The fourth-order valence-electron chi connectivity index (χ4n) is 4.38. The Morgan fingerprint density at radius 1 is 1.06 bits per heavy atom. The second-order valence-electron chi connectivity index (χ2n) is 8.51. The second kappa shape index (κ2) is 12.4. The second-order valence-corrected chi connectivity index (χ2v) is 8.51. The first kappa shape index (κ1) is 25.6. The Bertz CT molecular complexity index is 971. The van der Waals surface area contributed by atoms with Gasteiger partial charge in [0.1, 0.15) is 0 Å². The number of nitrogens with zero attached hydrogens (tertiary/aromatic N) is 1. The van der Waals surface area contributed by atoms with Crippen LogP contribution in [-0.2, 0) is 17.6 Å². The molecule has 2 aromatic carbocycles. The van der Waals surface area contributed by atoms with E-state index in [0.29, 0.717) is 12.8 Å². The maximum absolute atomic E-state index is 11.7. The molecule has 1 aliphatic rings. The molecule has 3 nitrogen and oxygen atoms in total. The first-order chi connectivity index (χ1) is 15.4. The third-order valence-electron chi connectivity index (χ3n) is 6.36. The first-order valence-corrected chi connectivity index (χ1v) is 12.0. The van der Waals surface area contributed by atoms with Gasteiger partial charge in [-0.15, -0.1) is 0 Å². The molecule has 2 aromatic rings. The maximum Gasteiger partial charge on any atom is 0.306 e. The van der Waals surface area contributed by atoms with Gasteiger partial charge in [0, 0.05) is 24.3 Å². The average Bonchev–Trinajstić information content (AvgIpc) is 3.32. The van der Waals surface area contributed by atoms with Crippen molar-refractivity contribution in [1.29, 1.82) is 0 Å². The van der Waals surface area contributed by atoms with Crippen molar-refractivity contribution in [3.8, 4) is 0 Å². The zero-order valence-corrected chi connectivity index (χ0v) is 20.6. The lowest BCUT2D eigenvalue weighted by Crippen LogP contribution is -2.17. The highest BCUT2D eigenvalue weighted by molar-refractivity contribution is 5.70. The van der Waals surface area contributed by atoms with Crippen molar-refractivity contribution in [2.45, 2.75) is 79.6 Å². The van der Waals surface area contributed by atoms with Gasteiger partial charge < -0.3 is 5.11 Å². The Kier molecular flexibility index (Phi) is 9.90. The van der Waals surface area contributed by atoms with Gasteiger partial charge in [-0.25, -0.2) is 0 Å². The van der Waals surface area contributed by atoms with Gasteiger partial charge >= 0.3 is 5.97 Å². The molecule has 0 fully saturated rings. The predicted octanol–water partition coefficient (Wildman–Crippen LogP) is 7.37. The van der Waals surface area contributed by atoms with Crippen molar-refractivity contribution < 1.29 is 9.90 Å². The number of benzene rings is 2. The summed E-state index contributed by atoms with van der Waals surface area (Å²) in [7, 11) is 0. The summed E-state index contributed by atoms with van der Waals surface area (Å²) >= 11 is 0. The number of aryl methyl sites for hydroxylation is 2. The van der Waals surface area contributed by atoms with Crippen LogP contribution < -0.4 is 0 Å². The number of carbonyl (C=O) groups is 1. The minimum absolute atomic E-state index is 0.213. The molecule has 0 amide bonds.